The van der Waals surface area contributed by atoms with Gasteiger partial charge >= 0.3 is 0 Å². The van der Waals surface area contributed by atoms with Crippen molar-refractivity contribution in [2.75, 3.05) is 11.4 Å². The number of para-hydroxylation sites is 1. The number of hydrogen-bond acceptors (Lipinski definition) is 11. The van der Waals surface area contributed by atoms with Crippen LogP contribution in [0.25, 0.3) is 10.4 Å². The number of thiazole rings is 1. The number of nitrogens with two attached hydrogens (primary N) is 2. The number of hydrogen-bond donors (Lipinski definition) is 4. The van der Waals surface area contributed by atoms with Gasteiger partial charge in [0.2, 0.25) is 23.6 Å². The summed E-state index contributed by atoms with van der Waals surface area (Å²) in [6.45, 7) is 9.94. The van der Waals surface area contributed by atoms with Crippen molar-refractivity contribution in [1.82, 2.24) is 15.2 Å². The molecule has 14 nitrogen and oxygen atoms in total. The molecule has 0 radical (unpaired) electrons. The van der Waals surface area contributed by atoms with Crippen LogP contribution in [0.2, 0.25) is 0 Å². The number of ether oxygens (including phenoxy) is 1. The van der Waals surface area contributed by atoms with Crippen LogP contribution in [0, 0.1) is 18.3 Å². The molecule has 0 unspecified atom stereocenters. The lowest BCUT2D eigenvalue weighted by Gasteiger charge is -2.35. The number of nitrogens with zero attached hydrogens (tertiary/aromatic N) is 3. The number of benzene rings is 3. The minimum atomic E-state index is -0.877. The van der Waals surface area contributed by atoms with Crippen molar-refractivity contribution >= 4 is 52.2 Å². The third-order valence-electron chi connectivity index (χ3n) is 15.6. The van der Waals surface area contributed by atoms with E-state index in [0.717, 1.165) is 75.3 Å². The Labute approximate surface area is 427 Å². The molecule has 3 aromatic carbocycles. The molecule has 0 spiro atoms. The molecule has 1 saturated heterocycles. The molecule has 0 bridgehead atoms. The first-order valence-corrected chi connectivity index (χ1v) is 26.7. The van der Waals surface area contributed by atoms with Crippen LogP contribution in [-0.2, 0) is 64.8 Å². The summed E-state index contributed by atoms with van der Waals surface area (Å²) < 4.78 is 6.33. The van der Waals surface area contributed by atoms with E-state index in [-0.39, 0.29) is 85.4 Å². The normalized spacial score (nSPS) is 21.4. The second kappa shape index (κ2) is 22.2. The maximum Gasteiger partial charge on any atom is 0.246 e. The number of aliphatic hydroxyl groups excluding tert-OH is 1. The number of carbonyl (C=O) groups excluding carboxylic acids is 6. The maximum atomic E-state index is 14.3. The summed E-state index contributed by atoms with van der Waals surface area (Å²) in [5.74, 6) is -1.71. The first-order valence-electron chi connectivity index (χ1n) is 25.8. The molecule has 7 atom stereocenters. The number of β-amino-alcohol motifs (C(OH)–C–C–N with tert-alkyl or cyclic N) is 1. The Hall–Kier alpha value is -5.61. The van der Waals surface area contributed by atoms with Crippen molar-refractivity contribution in [3.63, 3.8) is 0 Å². The van der Waals surface area contributed by atoms with Gasteiger partial charge in [-0.05, 0) is 110 Å². The molecule has 15 heteroatoms. The standard InChI is InChI=1S/C57H72N6O8S/c1-34-52(72-33-60-34)39-17-21-42(22-18-39)57(25-26-57)30-48(66)45-29-43(64)31-62(45)55(70)53(56(3,4)5)61-50(68)12-7-6-9-36-13-15-37(16-14-36)32-71-35(2)40(20-24-49(59)67)28-47(65)46-27-41-11-8-10-38-19-23-44(58)54(69)63(46)51(38)41/h8,10-11,13-18,21-22,33,35,40,43-46,53,64H,6-7,9,12,19-20,23-32,58H2,1-5H3,(H2,59,67)(H,61,68)/t35-,40-,43-,44+,45+,46+,53-/m1/s1. The topological polar surface area (TPSA) is 215 Å². The Morgan fingerprint density at radius 2 is 1.65 bits per heavy atom. The number of unbranched alkanes of at least 4 members (excludes halogenated alkanes) is 1. The number of nitrogens with one attached hydrogen (secondary N) is 1. The minimum absolute atomic E-state index is 0.0479. The SMILES string of the molecule is Cc1ncsc1-c1ccc(C2(CC(=O)[C@@H]3C[C@@H](O)CN3C(=O)[C@@H](NC(=O)CCCCc3ccc(CO[C@H](C)[C@H](CCC(N)=O)CC(=O)[C@@H]4Cc5cccc6c5N4C(=O)[C@@H](N)CC6)cc3)C(C)(C)C)CC2)cc1. The monoisotopic (exact) mass is 1000 g/mol. The molecule has 1 aliphatic carbocycles. The van der Waals surface area contributed by atoms with Crippen molar-refractivity contribution in [2.24, 2.45) is 22.8 Å². The van der Waals surface area contributed by atoms with Crippen LogP contribution in [0.5, 0.6) is 0 Å². The van der Waals surface area contributed by atoms with Crippen molar-refractivity contribution in [1.29, 1.82) is 0 Å². The third-order valence-corrected chi connectivity index (χ3v) is 16.6. The van der Waals surface area contributed by atoms with Crippen molar-refractivity contribution in [3.8, 4) is 10.4 Å². The fourth-order valence-corrected chi connectivity index (χ4v) is 11.9. The molecule has 4 amide bonds. The molecule has 384 valence electrons. The van der Waals surface area contributed by atoms with E-state index in [1.165, 1.54) is 4.90 Å². The van der Waals surface area contributed by atoms with Gasteiger partial charge in [-0.1, -0.05) is 87.5 Å². The van der Waals surface area contributed by atoms with Gasteiger partial charge in [0.15, 0.2) is 11.6 Å². The highest BCUT2D eigenvalue weighted by atomic mass is 32.1. The van der Waals surface area contributed by atoms with Gasteiger partial charge < -0.3 is 31.5 Å². The van der Waals surface area contributed by atoms with Crippen molar-refractivity contribution in [3.05, 3.63) is 106 Å². The lowest BCUT2D eigenvalue weighted by atomic mass is 9.84. The first-order chi connectivity index (χ1) is 34.3. The quantitative estimate of drug-likeness (QED) is 0.0592. The van der Waals surface area contributed by atoms with Gasteiger partial charge in [0.05, 0.1) is 58.7 Å². The molecule has 1 aromatic heterocycles. The lowest BCUT2D eigenvalue weighted by Crippen LogP contribution is -2.56. The zero-order valence-corrected chi connectivity index (χ0v) is 43.3. The second-order valence-corrected chi connectivity index (χ2v) is 22.9. The van der Waals surface area contributed by atoms with Gasteiger partial charge in [0.1, 0.15) is 6.04 Å². The second-order valence-electron chi connectivity index (χ2n) is 22.0. The molecule has 8 rings (SSSR count). The summed E-state index contributed by atoms with van der Waals surface area (Å²) in [6.07, 6.45) is 5.61. The van der Waals surface area contributed by atoms with Crippen LogP contribution in [0.3, 0.4) is 0 Å². The van der Waals surface area contributed by atoms with Gasteiger partial charge in [-0.3, -0.25) is 33.7 Å². The number of aryl methyl sites for hydroxylation is 3. The smallest absolute Gasteiger partial charge is 0.246 e. The fourth-order valence-electron chi connectivity index (χ4n) is 11.1. The van der Waals surface area contributed by atoms with Crippen LogP contribution >= 0.6 is 11.3 Å². The van der Waals surface area contributed by atoms with E-state index in [4.69, 9.17) is 16.2 Å². The summed E-state index contributed by atoms with van der Waals surface area (Å²) in [5, 5.41) is 13.8. The summed E-state index contributed by atoms with van der Waals surface area (Å²) in [4.78, 5) is 89.9. The van der Waals surface area contributed by atoms with Crippen LogP contribution in [0.1, 0.15) is 132 Å². The number of anilines is 1. The number of likely N-dealkylation sites (tertiary alicyclic amines) is 1. The molecule has 1 saturated carbocycles. The predicted octanol–water partition coefficient (Wildman–Crippen LogP) is 6.99. The summed E-state index contributed by atoms with van der Waals surface area (Å²) >= 11 is 1.60. The van der Waals surface area contributed by atoms with Crippen LogP contribution in [0.4, 0.5) is 5.69 Å². The van der Waals surface area contributed by atoms with Crippen LogP contribution < -0.4 is 21.7 Å². The van der Waals surface area contributed by atoms with E-state index in [1.807, 2.05) is 82.6 Å². The number of amides is 4. The van der Waals surface area contributed by atoms with Crippen molar-refractivity contribution in [2.45, 2.75) is 173 Å². The molecule has 4 aliphatic rings. The number of aliphatic hydroxyl groups is 1. The van der Waals surface area contributed by atoms with E-state index in [0.29, 0.717) is 38.7 Å². The van der Waals surface area contributed by atoms with Crippen molar-refractivity contribution < 1.29 is 38.6 Å². The highest BCUT2D eigenvalue weighted by Gasteiger charge is 2.50. The number of aromatic nitrogens is 1. The Balaban J connectivity index is 0.797. The number of rotatable bonds is 22. The average Bonchev–Trinajstić information content (AvgIpc) is 3.63. The molecule has 4 heterocycles. The Morgan fingerprint density at radius 1 is 0.944 bits per heavy atom. The molecule has 4 aromatic rings. The Kier molecular flexibility index (Phi) is 16.3. The third kappa shape index (κ3) is 12.1. The maximum absolute atomic E-state index is 14.3. The molecular formula is C57H72N6O8S. The molecular weight excluding hydrogens is 929 g/mol. The highest BCUT2D eigenvalue weighted by molar-refractivity contribution is 7.13. The summed E-state index contributed by atoms with van der Waals surface area (Å²) in [7, 11) is 0. The molecule has 2 fully saturated rings. The number of Topliss-reactive ketones (excluding diaryl/α,β-unsaturated/α-hetero) is 2. The highest BCUT2D eigenvalue weighted by Crippen LogP contribution is 2.52. The zero-order valence-electron chi connectivity index (χ0n) is 42.5. The summed E-state index contributed by atoms with van der Waals surface area (Å²) in [6, 6.07) is 19.4. The predicted molar refractivity (Wildman–Crippen MR) is 278 cm³/mol. The van der Waals surface area contributed by atoms with Gasteiger partial charge in [-0.15, -0.1) is 11.3 Å². The van der Waals surface area contributed by atoms with Gasteiger partial charge in [-0.25, -0.2) is 4.98 Å². The van der Waals surface area contributed by atoms with Gasteiger partial charge in [0.25, 0.3) is 0 Å². The van der Waals surface area contributed by atoms with E-state index in [9.17, 15) is 33.9 Å². The number of primary amides is 1. The van der Waals surface area contributed by atoms with Gasteiger partial charge in [0, 0.05) is 50.5 Å². The Morgan fingerprint density at radius 3 is 2.32 bits per heavy atom. The van der Waals surface area contributed by atoms with Gasteiger partial charge in [-0.2, -0.15) is 0 Å². The van der Waals surface area contributed by atoms with E-state index >= 15 is 0 Å². The lowest BCUT2D eigenvalue weighted by molar-refractivity contribution is -0.143. The Bertz CT molecular complexity index is 2640. The van der Waals surface area contributed by atoms with E-state index < -0.39 is 41.6 Å². The molecule has 3 aliphatic heterocycles. The molecule has 72 heavy (non-hydrogen) atoms. The van der Waals surface area contributed by atoms with Crippen LogP contribution in [-0.4, -0.2) is 93.1 Å². The number of carbonyl (C=O) groups is 6. The first kappa shape index (κ1) is 52.7. The molecule has 6 N–H and O–H groups in total. The summed E-state index contributed by atoms with van der Waals surface area (Å²) in [5.41, 5.74) is 20.8. The number of ketones is 2. The largest absolute Gasteiger partial charge is 0.391 e. The average molecular weight is 1000 g/mol. The van der Waals surface area contributed by atoms with E-state index in [2.05, 4.69) is 34.6 Å². The van der Waals surface area contributed by atoms with Crippen LogP contribution in [0.15, 0.2) is 72.2 Å². The van der Waals surface area contributed by atoms with E-state index in [1.54, 1.807) is 16.2 Å². The zero-order chi connectivity index (χ0) is 51.5. The fraction of sp³-hybridized carbons (Fsp3) is 0.526. The minimum Gasteiger partial charge on any atom is -0.391 e.